The van der Waals surface area contributed by atoms with Crippen LogP contribution in [0.25, 0.3) is 10.9 Å². The largest absolute Gasteiger partial charge is 0.343 e. The Morgan fingerprint density at radius 1 is 0.741 bits per heavy atom. The van der Waals surface area contributed by atoms with E-state index >= 15 is 0 Å². The third-order valence-corrected chi connectivity index (χ3v) is 5.35. The molecule has 27 heavy (non-hydrogen) atoms. The van der Waals surface area contributed by atoms with E-state index in [2.05, 4.69) is 58.5 Å². The van der Waals surface area contributed by atoms with Crippen molar-refractivity contribution in [3.63, 3.8) is 0 Å². The van der Waals surface area contributed by atoms with Gasteiger partial charge in [0, 0.05) is 46.8 Å². The zero-order valence-electron chi connectivity index (χ0n) is 14.8. The predicted molar refractivity (Wildman–Crippen MR) is 114 cm³/mol. The summed E-state index contributed by atoms with van der Waals surface area (Å²) < 4.78 is 2.30. The minimum Gasteiger partial charge on any atom is -0.343 e. The molecule has 1 aromatic heterocycles. The smallest absolute Gasteiger partial charge is 0.0486 e. The van der Waals surface area contributed by atoms with Crippen LogP contribution in [0.1, 0.15) is 16.7 Å². The van der Waals surface area contributed by atoms with Crippen molar-refractivity contribution in [2.75, 3.05) is 0 Å². The van der Waals surface area contributed by atoms with E-state index in [1.165, 1.54) is 22.0 Å². The van der Waals surface area contributed by atoms with Gasteiger partial charge in [-0.15, -0.1) is 0 Å². The van der Waals surface area contributed by atoms with Crippen LogP contribution in [0.4, 0.5) is 0 Å². The fraction of sp³-hybridized carbons (Fsp3) is 0.130. The van der Waals surface area contributed by atoms with Crippen molar-refractivity contribution in [2.45, 2.75) is 19.6 Å². The summed E-state index contributed by atoms with van der Waals surface area (Å²) in [5.74, 6) is 0. The molecule has 0 fully saturated rings. The number of hydrogen-bond donors (Lipinski definition) is 1. The summed E-state index contributed by atoms with van der Waals surface area (Å²) in [6, 6.07) is 24.5. The van der Waals surface area contributed by atoms with Gasteiger partial charge < -0.3 is 9.88 Å². The van der Waals surface area contributed by atoms with Gasteiger partial charge in [0.1, 0.15) is 0 Å². The van der Waals surface area contributed by atoms with Gasteiger partial charge in [-0.2, -0.15) is 0 Å². The first-order chi connectivity index (χ1) is 13.2. The molecule has 0 amide bonds. The molecule has 0 bridgehead atoms. The van der Waals surface area contributed by atoms with E-state index in [1.807, 2.05) is 30.3 Å². The van der Waals surface area contributed by atoms with Crippen LogP contribution in [-0.4, -0.2) is 4.57 Å². The maximum absolute atomic E-state index is 6.25. The topological polar surface area (TPSA) is 17.0 Å². The molecule has 4 rings (SSSR count). The minimum atomic E-state index is 0.746. The number of fused-ring (bicyclic) bond motifs is 1. The van der Waals surface area contributed by atoms with Crippen molar-refractivity contribution >= 4 is 34.1 Å². The monoisotopic (exact) mass is 394 g/mol. The zero-order chi connectivity index (χ0) is 18.6. The molecule has 0 aliphatic heterocycles. The molecule has 0 aliphatic carbocycles. The lowest BCUT2D eigenvalue weighted by Gasteiger charge is -2.06. The molecule has 0 saturated heterocycles. The van der Waals surface area contributed by atoms with E-state index in [-0.39, 0.29) is 0 Å². The predicted octanol–water partition coefficient (Wildman–Crippen LogP) is 6.29. The molecule has 136 valence electrons. The Morgan fingerprint density at radius 2 is 1.44 bits per heavy atom. The number of benzene rings is 3. The van der Waals surface area contributed by atoms with Crippen LogP contribution in [0.3, 0.4) is 0 Å². The second-order valence-corrected chi connectivity index (χ2v) is 7.46. The molecule has 2 nitrogen and oxygen atoms in total. The van der Waals surface area contributed by atoms with Crippen LogP contribution >= 0.6 is 23.2 Å². The summed E-state index contributed by atoms with van der Waals surface area (Å²) in [4.78, 5) is 0. The molecule has 0 aliphatic rings. The zero-order valence-corrected chi connectivity index (χ0v) is 16.3. The Bertz CT molecular complexity index is 1050. The highest BCUT2D eigenvalue weighted by molar-refractivity contribution is 6.31. The van der Waals surface area contributed by atoms with Gasteiger partial charge in [0.25, 0.3) is 0 Å². The minimum absolute atomic E-state index is 0.746. The first-order valence-corrected chi connectivity index (χ1v) is 9.71. The lowest BCUT2D eigenvalue weighted by molar-refractivity contribution is 0.692. The lowest BCUT2D eigenvalue weighted by Crippen LogP contribution is -2.12. The standard InChI is InChI=1S/C23H20Cl2N2/c24-20-11-9-17(10-12-20)15-27-16-19(21-6-2-4-8-23(21)27)14-26-13-18-5-1-3-7-22(18)25/h1-12,16,26H,13-15H2. The average molecular weight is 395 g/mol. The number of halogens is 2. The quantitative estimate of drug-likeness (QED) is 0.406. The molecule has 0 atom stereocenters. The normalized spacial score (nSPS) is 11.2. The molecule has 0 saturated carbocycles. The van der Waals surface area contributed by atoms with Gasteiger partial charge in [-0.1, -0.05) is 71.7 Å². The first-order valence-electron chi connectivity index (χ1n) is 8.96. The van der Waals surface area contributed by atoms with Gasteiger partial charge in [-0.25, -0.2) is 0 Å². The van der Waals surface area contributed by atoms with Crippen LogP contribution in [-0.2, 0) is 19.6 Å². The highest BCUT2D eigenvalue weighted by Gasteiger charge is 2.09. The van der Waals surface area contributed by atoms with Gasteiger partial charge in [-0.3, -0.25) is 0 Å². The molecule has 1 N–H and O–H groups in total. The molecule has 4 aromatic rings. The molecular weight excluding hydrogens is 375 g/mol. The fourth-order valence-electron chi connectivity index (χ4n) is 3.35. The van der Waals surface area contributed by atoms with Crippen molar-refractivity contribution in [1.29, 1.82) is 0 Å². The summed E-state index contributed by atoms with van der Waals surface area (Å²) in [6.45, 7) is 2.36. The van der Waals surface area contributed by atoms with E-state index in [4.69, 9.17) is 23.2 Å². The second-order valence-electron chi connectivity index (χ2n) is 6.62. The van der Waals surface area contributed by atoms with Crippen LogP contribution in [0.5, 0.6) is 0 Å². The number of nitrogens with zero attached hydrogens (tertiary/aromatic N) is 1. The van der Waals surface area contributed by atoms with Gasteiger partial charge in [0.15, 0.2) is 0 Å². The number of nitrogens with one attached hydrogen (secondary N) is 1. The Kier molecular flexibility index (Phi) is 5.49. The number of rotatable bonds is 6. The summed E-state index contributed by atoms with van der Waals surface area (Å²) in [6.07, 6.45) is 2.23. The maximum Gasteiger partial charge on any atom is 0.0486 e. The molecule has 0 unspecified atom stereocenters. The van der Waals surface area contributed by atoms with Crippen molar-refractivity contribution in [2.24, 2.45) is 0 Å². The molecule has 1 heterocycles. The van der Waals surface area contributed by atoms with Crippen LogP contribution < -0.4 is 5.32 Å². The van der Waals surface area contributed by atoms with E-state index in [9.17, 15) is 0 Å². The first kappa shape index (κ1) is 18.1. The molecular formula is C23H20Cl2N2. The third kappa shape index (κ3) is 4.19. The third-order valence-electron chi connectivity index (χ3n) is 4.73. The molecule has 4 heteroatoms. The Balaban J connectivity index is 1.54. The van der Waals surface area contributed by atoms with E-state index in [0.717, 1.165) is 35.2 Å². The highest BCUT2D eigenvalue weighted by atomic mass is 35.5. The average Bonchev–Trinajstić information content (AvgIpc) is 3.03. The van der Waals surface area contributed by atoms with Crippen LogP contribution in [0.2, 0.25) is 10.0 Å². The number of hydrogen-bond acceptors (Lipinski definition) is 1. The SMILES string of the molecule is Clc1ccc(Cn2cc(CNCc3ccccc3Cl)c3ccccc32)cc1. The molecule has 0 radical (unpaired) electrons. The van der Waals surface area contributed by atoms with E-state index < -0.39 is 0 Å². The highest BCUT2D eigenvalue weighted by Crippen LogP contribution is 2.23. The fourth-order valence-corrected chi connectivity index (χ4v) is 3.68. The summed E-state index contributed by atoms with van der Waals surface area (Å²) in [7, 11) is 0. The van der Waals surface area contributed by atoms with Gasteiger partial charge in [0.2, 0.25) is 0 Å². The van der Waals surface area contributed by atoms with Crippen LogP contribution in [0.15, 0.2) is 79.0 Å². The van der Waals surface area contributed by atoms with E-state index in [1.54, 1.807) is 0 Å². The van der Waals surface area contributed by atoms with Gasteiger partial charge in [0.05, 0.1) is 0 Å². The summed E-state index contributed by atoms with van der Waals surface area (Å²) in [5.41, 5.74) is 4.87. The maximum atomic E-state index is 6.25. The summed E-state index contributed by atoms with van der Waals surface area (Å²) >= 11 is 12.3. The van der Waals surface area contributed by atoms with Crippen molar-refractivity contribution in [3.8, 4) is 0 Å². The van der Waals surface area contributed by atoms with E-state index in [0.29, 0.717) is 0 Å². The molecule has 3 aromatic carbocycles. The number of para-hydroxylation sites is 1. The van der Waals surface area contributed by atoms with Gasteiger partial charge in [-0.05, 0) is 41.0 Å². The lowest BCUT2D eigenvalue weighted by atomic mass is 10.1. The van der Waals surface area contributed by atoms with Gasteiger partial charge >= 0.3 is 0 Å². The number of aromatic nitrogens is 1. The molecule has 0 spiro atoms. The van der Waals surface area contributed by atoms with Crippen molar-refractivity contribution in [1.82, 2.24) is 9.88 Å². The van der Waals surface area contributed by atoms with Crippen molar-refractivity contribution < 1.29 is 0 Å². The Morgan fingerprint density at radius 3 is 2.26 bits per heavy atom. The van der Waals surface area contributed by atoms with Crippen LogP contribution in [0, 0.1) is 0 Å². The van der Waals surface area contributed by atoms with Crippen molar-refractivity contribution in [3.05, 3.63) is 106 Å². The summed E-state index contributed by atoms with van der Waals surface area (Å²) in [5, 5.41) is 6.36. The second kappa shape index (κ2) is 8.18. The Hall–Kier alpha value is -2.26. The Labute approximate surface area is 169 Å².